The molecule has 3 aromatic rings. The van der Waals surface area contributed by atoms with Crippen LogP contribution >= 0.6 is 0 Å². The molecule has 1 N–H and O–H groups in total. The van der Waals surface area contributed by atoms with Crippen molar-refractivity contribution in [2.45, 2.75) is 5.92 Å². The molecule has 1 atom stereocenters. The molecule has 0 radical (unpaired) electrons. The number of nitrogens with one attached hydrogen (secondary N) is 1. The number of nitrogens with zero attached hydrogens (tertiary/aromatic N) is 1. The van der Waals surface area contributed by atoms with Crippen LogP contribution in [-0.2, 0) is 4.79 Å². The van der Waals surface area contributed by atoms with E-state index in [0.717, 1.165) is 16.7 Å². The fourth-order valence-electron chi connectivity index (χ4n) is 3.84. The number of carbonyl (C=O) groups is 2. The first kappa shape index (κ1) is 17.9. The van der Waals surface area contributed by atoms with Crippen LogP contribution in [0.25, 0.3) is 0 Å². The smallest absolute Gasteiger partial charge is 0.180 e. The Labute approximate surface area is 163 Å². The fourth-order valence-corrected chi connectivity index (χ4v) is 3.84. The largest absolute Gasteiger partial charge is 0.313 e. The van der Waals surface area contributed by atoms with Crippen LogP contribution < -0.4 is 5.43 Å². The Morgan fingerprint density at radius 2 is 1.32 bits per heavy atom. The Bertz CT molecular complexity index is 1000. The predicted octanol–water partition coefficient (Wildman–Crippen LogP) is 3.82. The number of hydrogen-bond donors (Lipinski definition) is 1. The first-order chi connectivity index (χ1) is 13.7. The van der Waals surface area contributed by atoms with Gasteiger partial charge in [-0.3, -0.25) is 9.59 Å². The van der Waals surface area contributed by atoms with E-state index in [0.29, 0.717) is 11.3 Å². The second kappa shape index (κ2) is 7.61. The minimum Gasteiger partial charge on any atom is -0.313 e. The molecule has 4 nitrogen and oxygen atoms in total. The average Bonchev–Trinajstić information content (AvgIpc) is 3.02. The summed E-state index contributed by atoms with van der Waals surface area (Å²) < 4.78 is 0. The number of hydrazone groups is 1. The molecule has 1 aliphatic carbocycles. The zero-order chi connectivity index (χ0) is 19.5. The summed E-state index contributed by atoms with van der Waals surface area (Å²) >= 11 is 0. The summed E-state index contributed by atoms with van der Waals surface area (Å²) in [6.07, 6.45) is 0. The monoisotopic (exact) mass is 368 g/mol. The van der Waals surface area contributed by atoms with E-state index in [-0.39, 0.29) is 11.6 Å². The van der Waals surface area contributed by atoms with Crippen molar-refractivity contribution in [3.05, 3.63) is 107 Å². The van der Waals surface area contributed by atoms with Gasteiger partial charge in [0.25, 0.3) is 0 Å². The van der Waals surface area contributed by atoms with Gasteiger partial charge in [-0.2, -0.15) is 5.10 Å². The highest BCUT2D eigenvalue weighted by molar-refractivity contribution is 6.37. The van der Waals surface area contributed by atoms with Gasteiger partial charge in [-0.05, 0) is 11.1 Å². The lowest BCUT2D eigenvalue weighted by molar-refractivity contribution is -0.120. The second-order valence-electron chi connectivity index (χ2n) is 6.72. The Balaban J connectivity index is 1.83. The van der Waals surface area contributed by atoms with E-state index in [1.165, 1.54) is 0 Å². The molecule has 138 valence electrons. The average molecular weight is 368 g/mol. The summed E-state index contributed by atoms with van der Waals surface area (Å²) in [5, 5.41) is 4.31. The Morgan fingerprint density at radius 1 is 0.821 bits per heavy atom. The highest BCUT2D eigenvalue weighted by atomic mass is 16.2. The number of Topliss-reactive ketones (excluding diaryl/α,β-unsaturated/α-hetero) is 2. The van der Waals surface area contributed by atoms with Crippen molar-refractivity contribution >= 4 is 17.3 Å². The van der Waals surface area contributed by atoms with Crippen LogP contribution in [0, 0.1) is 5.92 Å². The van der Waals surface area contributed by atoms with Gasteiger partial charge < -0.3 is 5.43 Å². The lowest BCUT2D eigenvalue weighted by Gasteiger charge is -2.20. The highest BCUT2D eigenvalue weighted by Gasteiger charge is 2.44. The molecule has 0 bridgehead atoms. The molecule has 0 amide bonds. The molecular formula is C24H20N2O2. The third-order valence-electron chi connectivity index (χ3n) is 5.07. The molecule has 0 saturated carbocycles. The van der Waals surface area contributed by atoms with Gasteiger partial charge >= 0.3 is 0 Å². The van der Waals surface area contributed by atoms with E-state index in [2.05, 4.69) is 10.5 Å². The SMILES string of the molecule is CN/N=C1/c2ccccc2C(=O)C1C(=O)C(c1ccccc1)c1ccccc1. The highest BCUT2D eigenvalue weighted by Crippen LogP contribution is 2.35. The van der Waals surface area contributed by atoms with E-state index in [1.54, 1.807) is 13.1 Å². The van der Waals surface area contributed by atoms with Gasteiger partial charge in [0.15, 0.2) is 11.6 Å². The van der Waals surface area contributed by atoms with Crippen molar-refractivity contribution < 1.29 is 9.59 Å². The number of fused-ring (bicyclic) bond motifs is 1. The van der Waals surface area contributed by atoms with Crippen LogP contribution in [0.3, 0.4) is 0 Å². The molecule has 1 unspecified atom stereocenters. The number of rotatable bonds is 5. The van der Waals surface area contributed by atoms with Crippen molar-refractivity contribution in [1.82, 2.24) is 5.43 Å². The van der Waals surface area contributed by atoms with Gasteiger partial charge in [-0.15, -0.1) is 0 Å². The quantitative estimate of drug-likeness (QED) is 0.550. The summed E-state index contributed by atoms with van der Waals surface area (Å²) in [6.45, 7) is 0. The molecule has 0 aromatic heterocycles. The first-order valence-electron chi connectivity index (χ1n) is 9.24. The van der Waals surface area contributed by atoms with Gasteiger partial charge in [0.1, 0.15) is 5.92 Å². The Kier molecular flexibility index (Phi) is 4.85. The molecule has 3 aromatic carbocycles. The lowest BCUT2D eigenvalue weighted by Crippen LogP contribution is -2.32. The van der Waals surface area contributed by atoms with Crippen molar-refractivity contribution in [1.29, 1.82) is 0 Å². The minimum atomic E-state index is -0.921. The number of carbonyl (C=O) groups excluding carboxylic acids is 2. The van der Waals surface area contributed by atoms with Crippen LogP contribution in [0.15, 0.2) is 90.0 Å². The van der Waals surface area contributed by atoms with E-state index in [4.69, 9.17) is 0 Å². The van der Waals surface area contributed by atoms with Gasteiger partial charge in [0.05, 0.1) is 11.6 Å². The summed E-state index contributed by atoms with van der Waals surface area (Å²) in [7, 11) is 1.67. The van der Waals surface area contributed by atoms with Crippen molar-refractivity contribution in [3.63, 3.8) is 0 Å². The van der Waals surface area contributed by atoms with Gasteiger partial charge in [-0.25, -0.2) is 0 Å². The number of hydrogen-bond acceptors (Lipinski definition) is 4. The topological polar surface area (TPSA) is 58.5 Å². The van der Waals surface area contributed by atoms with Crippen molar-refractivity contribution in [3.8, 4) is 0 Å². The summed E-state index contributed by atoms with van der Waals surface area (Å²) in [5.74, 6) is -1.80. The van der Waals surface area contributed by atoms with Crippen LogP contribution in [0.1, 0.15) is 33.0 Å². The molecule has 4 rings (SSSR count). The van der Waals surface area contributed by atoms with E-state index < -0.39 is 11.8 Å². The van der Waals surface area contributed by atoms with Crippen LogP contribution in [0.5, 0.6) is 0 Å². The third kappa shape index (κ3) is 3.03. The second-order valence-corrected chi connectivity index (χ2v) is 6.72. The molecule has 1 aliphatic rings. The first-order valence-corrected chi connectivity index (χ1v) is 9.24. The molecule has 0 fully saturated rings. The van der Waals surface area contributed by atoms with Crippen LogP contribution in [0.4, 0.5) is 0 Å². The fraction of sp³-hybridized carbons (Fsp3) is 0.125. The minimum absolute atomic E-state index is 0.160. The molecule has 28 heavy (non-hydrogen) atoms. The lowest BCUT2D eigenvalue weighted by atomic mass is 9.80. The number of benzene rings is 3. The van der Waals surface area contributed by atoms with Crippen LogP contribution in [-0.4, -0.2) is 24.3 Å². The maximum Gasteiger partial charge on any atom is 0.180 e. The predicted molar refractivity (Wildman–Crippen MR) is 110 cm³/mol. The summed E-state index contributed by atoms with van der Waals surface area (Å²) in [6, 6.07) is 26.5. The van der Waals surface area contributed by atoms with Gasteiger partial charge in [-0.1, -0.05) is 84.9 Å². The maximum atomic E-state index is 13.8. The molecule has 0 saturated heterocycles. The summed E-state index contributed by atoms with van der Waals surface area (Å²) in [5.41, 5.74) is 6.26. The zero-order valence-electron chi connectivity index (χ0n) is 15.5. The third-order valence-corrected chi connectivity index (χ3v) is 5.07. The molecule has 0 spiro atoms. The van der Waals surface area contributed by atoms with Crippen molar-refractivity contribution in [2.75, 3.05) is 7.05 Å². The zero-order valence-corrected chi connectivity index (χ0v) is 15.5. The molecule has 0 aliphatic heterocycles. The van der Waals surface area contributed by atoms with Crippen LogP contribution in [0.2, 0.25) is 0 Å². The normalized spacial score (nSPS) is 17.0. The molecule has 4 heteroatoms. The molecular weight excluding hydrogens is 348 g/mol. The number of ketones is 2. The van der Waals surface area contributed by atoms with E-state index in [1.807, 2.05) is 78.9 Å². The Hall–Kier alpha value is -3.53. The van der Waals surface area contributed by atoms with E-state index >= 15 is 0 Å². The standard InChI is InChI=1S/C24H20N2O2/c1-25-26-22-18-14-8-9-15-19(18)23(27)21(22)24(28)20(16-10-4-2-5-11-16)17-12-6-3-7-13-17/h2-15,20-21,25H,1H3/b26-22-. The van der Waals surface area contributed by atoms with E-state index in [9.17, 15) is 9.59 Å². The van der Waals surface area contributed by atoms with Gasteiger partial charge in [0.2, 0.25) is 0 Å². The Morgan fingerprint density at radius 3 is 1.86 bits per heavy atom. The van der Waals surface area contributed by atoms with Crippen molar-refractivity contribution in [2.24, 2.45) is 11.0 Å². The molecule has 0 heterocycles. The summed E-state index contributed by atoms with van der Waals surface area (Å²) in [4.78, 5) is 26.9. The van der Waals surface area contributed by atoms with Gasteiger partial charge in [0, 0.05) is 18.2 Å². The maximum absolute atomic E-state index is 13.8.